The molecule has 1 heterocycles. The van der Waals surface area contributed by atoms with Gasteiger partial charge in [0.15, 0.2) is 0 Å². The average molecular weight is 415 g/mol. The zero-order valence-electron chi connectivity index (χ0n) is 16.6. The van der Waals surface area contributed by atoms with Gasteiger partial charge in [0, 0.05) is 13.1 Å². The molecular weight excluding hydrogens is 393 g/mol. The highest BCUT2D eigenvalue weighted by atomic mass is 32.2. The highest BCUT2D eigenvalue weighted by molar-refractivity contribution is 8.00. The van der Waals surface area contributed by atoms with E-state index in [9.17, 15) is 19.2 Å². The third kappa shape index (κ3) is 6.03. The number of aromatic nitrogens is 1. The number of nitriles is 1. The molecular formula is C21H22FN3O3S. The molecule has 0 bridgehead atoms. The van der Waals surface area contributed by atoms with E-state index in [1.807, 2.05) is 13.0 Å². The molecule has 0 spiro atoms. The molecule has 0 radical (unpaired) electrons. The fraction of sp³-hybridized carbons (Fsp3) is 0.333. The molecule has 0 atom stereocenters. The molecule has 0 fully saturated rings. The van der Waals surface area contributed by atoms with Crippen molar-refractivity contribution in [2.75, 3.05) is 18.9 Å². The summed E-state index contributed by atoms with van der Waals surface area (Å²) in [4.78, 5) is 30.5. The van der Waals surface area contributed by atoms with Crippen LogP contribution < -0.4 is 0 Å². The van der Waals surface area contributed by atoms with Gasteiger partial charge in [-0.2, -0.15) is 5.26 Å². The highest BCUT2D eigenvalue weighted by Crippen LogP contribution is 2.24. The van der Waals surface area contributed by atoms with Gasteiger partial charge in [0.2, 0.25) is 5.91 Å². The van der Waals surface area contributed by atoms with Crippen LogP contribution in [-0.4, -0.2) is 40.7 Å². The van der Waals surface area contributed by atoms with Crippen molar-refractivity contribution >= 4 is 23.6 Å². The molecule has 0 saturated heterocycles. The van der Waals surface area contributed by atoms with Gasteiger partial charge in [-0.3, -0.25) is 4.79 Å². The van der Waals surface area contributed by atoms with Gasteiger partial charge in [0.25, 0.3) is 0 Å². The molecule has 152 valence electrons. The largest absolute Gasteiger partial charge is 0.462 e. The van der Waals surface area contributed by atoms with E-state index in [4.69, 9.17) is 4.74 Å². The van der Waals surface area contributed by atoms with Crippen molar-refractivity contribution in [2.45, 2.75) is 32.3 Å². The quantitative estimate of drug-likeness (QED) is 0.483. The molecule has 0 N–H and O–H groups in total. The van der Waals surface area contributed by atoms with Crippen molar-refractivity contribution < 1.29 is 18.7 Å². The van der Waals surface area contributed by atoms with Crippen molar-refractivity contribution in [1.29, 1.82) is 5.26 Å². The smallest absolute Gasteiger partial charge is 0.340 e. The second-order valence-electron chi connectivity index (χ2n) is 6.13. The molecule has 0 aliphatic rings. The predicted molar refractivity (Wildman–Crippen MR) is 108 cm³/mol. The lowest BCUT2D eigenvalue weighted by atomic mass is 10.1. The fourth-order valence-corrected chi connectivity index (χ4v) is 3.55. The summed E-state index contributed by atoms with van der Waals surface area (Å²) in [6.45, 7) is 6.19. The van der Waals surface area contributed by atoms with E-state index in [0.717, 1.165) is 11.8 Å². The minimum absolute atomic E-state index is 0.0724. The molecule has 8 heteroatoms. The third-order valence-corrected chi connectivity index (χ3v) is 5.10. The first-order chi connectivity index (χ1) is 13.9. The summed E-state index contributed by atoms with van der Waals surface area (Å²) in [5.74, 6) is -0.961. The summed E-state index contributed by atoms with van der Waals surface area (Å²) in [5.41, 5.74) is 1.59. The third-order valence-electron chi connectivity index (χ3n) is 4.12. The highest BCUT2D eigenvalue weighted by Gasteiger charge is 2.19. The maximum absolute atomic E-state index is 13.4. The Hall–Kier alpha value is -2.92. The summed E-state index contributed by atoms with van der Waals surface area (Å²) < 4.78 is 18.3. The number of hydrogen-bond acceptors (Lipinski definition) is 6. The van der Waals surface area contributed by atoms with Crippen molar-refractivity contribution in [3.8, 4) is 6.07 Å². The van der Waals surface area contributed by atoms with Crippen LogP contribution in [0.5, 0.6) is 0 Å². The van der Waals surface area contributed by atoms with E-state index >= 15 is 0 Å². The lowest BCUT2D eigenvalue weighted by Gasteiger charge is -2.21. The first kappa shape index (κ1) is 22.4. The number of thioether (sulfide) groups is 1. The lowest BCUT2D eigenvalue weighted by molar-refractivity contribution is -0.128. The zero-order chi connectivity index (χ0) is 21.4. The Bertz CT molecular complexity index is 943. The summed E-state index contributed by atoms with van der Waals surface area (Å²) >= 11 is 1.13. The minimum atomic E-state index is -0.533. The Morgan fingerprint density at radius 3 is 2.69 bits per heavy atom. The van der Waals surface area contributed by atoms with Crippen LogP contribution in [0.4, 0.5) is 4.39 Å². The number of ether oxygens (including phenoxy) is 1. The van der Waals surface area contributed by atoms with Crippen molar-refractivity contribution in [1.82, 2.24) is 9.88 Å². The second kappa shape index (κ2) is 10.6. The van der Waals surface area contributed by atoms with Crippen molar-refractivity contribution in [3.63, 3.8) is 0 Å². The molecule has 29 heavy (non-hydrogen) atoms. The van der Waals surface area contributed by atoms with Gasteiger partial charge < -0.3 is 9.64 Å². The van der Waals surface area contributed by atoms with Crippen LogP contribution in [0, 0.1) is 24.1 Å². The minimum Gasteiger partial charge on any atom is -0.462 e. The first-order valence-corrected chi connectivity index (χ1v) is 10.1. The number of nitrogens with zero attached hydrogens (tertiary/aromatic N) is 3. The molecule has 1 amide bonds. The van der Waals surface area contributed by atoms with Gasteiger partial charge in [0.05, 0.1) is 29.2 Å². The Balaban J connectivity index is 2.11. The molecule has 2 rings (SSSR count). The SMILES string of the molecule is CCOC(=O)c1cc(C#N)c(SCC(=O)N(CC)Cc2cccc(F)c2)nc1C. The number of halogens is 1. The van der Waals surface area contributed by atoms with Crippen LogP contribution >= 0.6 is 11.8 Å². The molecule has 6 nitrogen and oxygen atoms in total. The average Bonchev–Trinajstić information content (AvgIpc) is 2.70. The van der Waals surface area contributed by atoms with Crippen LogP contribution in [0.2, 0.25) is 0 Å². The number of benzene rings is 1. The fourth-order valence-electron chi connectivity index (χ4n) is 2.64. The number of amides is 1. The van der Waals surface area contributed by atoms with Crippen molar-refractivity contribution in [3.05, 3.63) is 58.5 Å². The first-order valence-electron chi connectivity index (χ1n) is 9.13. The topological polar surface area (TPSA) is 83.3 Å². The van der Waals surface area contributed by atoms with E-state index in [-0.39, 0.29) is 35.2 Å². The van der Waals surface area contributed by atoms with Crippen LogP contribution in [0.15, 0.2) is 35.4 Å². The number of carbonyl (C=O) groups is 2. The molecule has 1 aromatic heterocycles. The second-order valence-corrected chi connectivity index (χ2v) is 7.10. The van der Waals surface area contributed by atoms with E-state index < -0.39 is 5.97 Å². The zero-order valence-corrected chi connectivity index (χ0v) is 17.4. The summed E-state index contributed by atoms with van der Waals surface area (Å²) in [6, 6.07) is 9.58. The van der Waals surface area contributed by atoms with Gasteiger partial charge in [0.1, 0.15) is 16.9 Å². The Morgan fingerprint density at radius 1 is 1.31 bits per heavy atom. The van der Waals surface area contributed by atoms with Gasteiger partial charge in [-0.1, -0.05) is 23.9 Å². The van der Waals surface area contributed by atoms with Gasteiger partial charge >= 0.3 is 5.97 Å². The van der Waals surface area contributed by atoms with Crippen LogP contribution in [-0.2, 0) is 16.1 Å². The Morgan fingerprint density at radius 2 is 2.07 bits per heavy atom. The maximum atomic E-state index is 13.4. The molecule has 0 saturated carbocycles. The number of rotatable bonds is 8. The standard InChI is InChI=1S/C21H22FN3O3S/c1-4-25(12-15-7-6-8-17(22)9-15)19(26)13-29-20-16(11-23)10-18(14(3)24-20)21(27)28-5-2/h6-10H,4-5,12-13H2,1-3H3. The van der Waals surface area contributed by atoms with Crippen LogP contribution in [0.3, 0.4) is 0 Å². The number of esters is 1. The van der Waals surface area contributed by atoms with Gasteiger partial charge in [-0.15, -0.1) is 0 Å². The molecule has 0 aliphatic carbocycles. The van der Waals surface area contributed by atoms with Gasteiger partial charge in [-0.25, -0.2) is 14.2 Å². The maximum Gasteiger partial charge on any atom is 0.340 e. The Labute approximate surface area is 173 Å². The summed E-state index contributed by atoms with van der Waals surface area (Å²) in [5, 5.41) is 9.78. The number of hydrogen-bond donors (Lipinski definition) is 0. The van der Waals surface area contributed by atoms with Crippen molar-refractivity contribution in [2.24, 2.45) is 0 Å². The van der Waals surface area contributed by atoms with E-state index in [1.54, 1.807) is 30.9 Å². The van der Waals surface area contributed by atoms with E-state index in [2.05, 4.69) is 4.98 Å². The number of pyridine rings is 1. The predicted octanol–water partition coefficient (Wildman–Crippen LogP) is 3.72. The Kier molecular flexibility index (Phi) is 8.16. The number of carbonyl (C=O) groups excluding carboxylic acids is 2. The summed E-state index contributed by atoms with van der Waals surface area (Å²) in [6.07, 6.45) is 0. The van der Waals surface area contributed by atoms with E-state index in [0.29, 0.717) is 29.4 Å². The van der Waals surface area contributed by atoms with Crippen LogP contribution in [0.1, 0.15) is 41.0 Å². The van der Waals surface area contributed by atoms with Crippen LogP contribution in [0.25, 0.3) is 0 Å². The lowest BCUT2D eigenvalue weighted by Crippen LogP contribution is -2.31. The number of aryl methyl sites for hydroxylation is 1. The van der Waals surface area contributed by atoms with Gasteiger partial charge in [-0.05, 0) is 44.5 Å². The van der Waals surface area contributed by atoms with E-state index in [1.165, 1.54) is 18.2 Å². The molecule has 2 aromatic rings. The molecule has 1 aromatic carbocycles. The normalized spacial score (nSPS) is 10.3. The molecule has 0 aliphatic heterocycles. The monoisotopic (exact) mass is 415 g/mol. The molecule has 0 unspecified atom stereocenters. The summed E-state index contributed by atoms with van der Waals surface area (Å²) in [7, 11) is 0.